The molecule has 0 radical (unpaired) electrons. The fraction of sp³-hybridized carbons (Fsp3) is 0.800. The normalized spacial score (nSPS) is 27.2. The van der Waals surface area contributed by atoms with Gasteiger partial charge in [0.25, 0.3) is 0 Å². The largest absolute Gasteiger partial charge is 0.373 e. The minimum atomic E-state index is -0.276. The zero-order valence-corrected chi connectivity index (χ0v) is 8.36. The van der Waals surface area contributed by atoms with Crippen molar-refractivity contribution in [3.05, 3.63) is 0 Å². The third kappa shape index (κ3) is 2.70. The van der Waals surface area contributed by atoms with E-state index in [-0.39, 0.29) is 12.1 Å². The van der Waals surface area contributed by atoms with E-state index in [0.717, 1.165) is 19.7 Å². The molecule has 0 spiro atoms. The van der Waals surface area contributed by atoms with Gasteiger partial charge in [-0.2, -0.15) is 0 Å². The van der Waals surface area contributed by atoms with Crippen LogP contribution in [-0.4, -0.2) is 42.8 Å². The molecule has 0 aliphatic carbocycles. The van der Waals surface area contributed by atoms with E-state index in [1.807, 2.05) is 0 Å². The third-order valence-electron chi connectivity index (χ3n) is 2.45. The van der Waals surface area contributed by atoms with E-state index in [1.165, 1.54) is 0 Å². The molecule has 0 aromatic rings. The molecule has 1 heterocycles. The lowest BCUT2D eigenvalue weighted by Gasteiger charge is -2.36. The summed E-state index contributed by atoms with van der Waals surface area (Å²) in [7, 11) is 0. The average Bonchev–Trinajstić information content (AvgIpc) is 2.17. The van der Waals surface area contributed by atoms with Crippen LogP contribution in [0, 0.1) is 12.3 Å². The molecule has 2 atom stereocenters. The number of morpholine rings is 1. The summed E-state index contributed by atoms with van der Waals surface area (Å²) in [4.78, 5) is 2.34. The zero-order valence-electron chi connectivity index (χ0n) is 8.36. The molecule has 1 aliphatic rings. The number of terminal acetylenes is 1. The fourth-order valence-electron chi connectivity index (χ4n) is 1.49. The van der Waals surface area contributed by atoms with Gasteiger partial charge in [0.15, 0.2) is 0 Å². The lowest BCUT2D eigenvalue weighted by atomic mass is 10.1. The van der Waals surface area contributed by atoms with Gasteiger partial charge in [-0.05, 0) is 13.8 Å². The molecule has 1 fully saturated rings. The van der Waals surface area contributed by atoms with Gasteiger partial charge in [0.05, 0.1) is 18.8 Å². The van der Waals surface area contributed by atoms with Gasteiger partial charge in [-0.15, -0.1) is 6.42 Å². The smallest absolute Gasteiger partial charge is 0.0965 e. The van der Waals surface area contributed by atoms with Crippen molar-refractivity contribution in [1.82, 2.24) is 4.90 Å². The Morgan fingerprint density at radius 2 is 2.31 bits per heavy atom. The minimum Gasteiger partial charge on any atom is -0.373 e. The monoisotopic (exact) mass is 182 g/mol. The second-order valence-electron chi connectivity index (χ2n) is 3.69. The number of ether oxygens (including phenoxy) is 1. The third-order valence-corrected chi connectivity index (χ3v) is 2.45. The zero-order chi connectivity index (χ0) is 9.84. The van der Waals surface area contributed by atoms with Crippen molar-refractivity contribution in [2.75, 3.05) is 19.7 Å². The Bertz CT molecular complexity index is 198. The summed E-state index contributed by atoms with van der Waals surface area (Å²) in [6.07, 6.45) is 5.25. The molecule has 74 valence electrons. The highest BCUT2D eigenvalue weighted by molar-refractivity contribution is 5.02. The summed E-state index contributed by atoms with van der Waals surface area (Å²) in [5.74, 6) is 2.52. The summed E-state index contributed by atoms with van der Waals surface area (Å²) >= 11 is 0. The Kier molecular flexibility index (Phi) is 3.73. The van der Waals surface area contributed by atoms with E-state index >= 15 is 0 Å². The molecule has 13 heavy (non-hydrogen) atoms. The first kappa shape index (κ1) is 10.5. The summed E-state index contributed by atoms with van der Waals surface area (Å²) in [5, 5.41) is 0. The fourth-order valence-corrected chi connectivity index (χ4v) is 1.49. The van der Waals surface area contributed by atoms with E-state index in [2.05, 4.69) is 24.7 Å². The second-order valence-corrected chi connectivity index (χ2v) is 3.69. The van der Waals surface area contributed by atoms with Gasteiger partial charge in [-0.1, -0.05) is 5.92 Å². The predicted octanol–water partition coefficient (Wildman–Crippen LogP) is 0.0561. The molecule has 1 saturated heterocycles. The molecular formula is C10H18N2O. The molecule has 2 N–H and O–H groups in total. The summed E-state index contributed by atoms with van der Waals surface area (Å²) in [6, 6.07) is 0.262. The Morgan fingerprint density at radius 3 is 2.85 bits per heavy atom. The van der Waals surface area contributed by atoms with E-state index in [4.69, 9.17) is 16.9 Å². The van der Waals surface area contributed by atoms with Gasteiger partial charge in [-0.25, -0.2) is 0 Å². The number of hydrogen-bond donors (Lipinski definition) is 1. The molecular weight excluding hydrogens is 164 g/mol. The van der Waals surface area contributed by atoms with Crippen molar-refractivity contribution < 1.29 is 4.74 Å². The predicted molar refractivity (Wildman–Crippen MR) is 53.3 cm³/mol. The first-order valence-corrected chi connectivity index (χ1v) is 4.72. The molecule has 1 rings (SSSR count). The Labute approximate surface area is 80.2 Å². The molecule has 2 unspecified atom stereocenters. The van der Waals surface area contributed by atoms with Crippen LogP contribution in [0.25, 0.3) is 0 Å². The molecule has 1 aliphatic heterocycles. The second kappa shape index (κ2) is 4.61. The Hall–Kier alpha value is -0.560. The summed E-state index contributed by atoms with van der Waals surface area (Å²) in [5.41, 5.74) is 5.72. The van der Waals surface area contributed by atoms with Crippen LogP contribution in [0.5, 0.6) is 0 Å². The molecule has 0 aromatic heterocycles. The lowest BCUT2D eigenvalue weighted by Crippen LogP contribution is -2.52. The molecule has 0 aromatic carbocycles. The maximum atomic E-state index is 5.72. The highest BCUT2D eigenvalue weighted by Gasteiger charge is 2.25. The lowest BCUT2D eigenvalue weighted by molar-refractivity contribution is -0.0420. The van der Waals surface area contributed by atoms with Crippen LogP contribution >= 0.6 is 0 Å². The summed E-state index contributed by atoms with van der Waals surface area (Å²) < 4.78 is 5.50. The standard InChI is InChI=1S/C10H18N2O/c1-4-9(11)10-7-12(8(2)3)5-6-13-10/h1,8-10H,5-7,11H2,2-3H3. The van der Waals surface area contributed by atoms with Crippen LogP contribution in [0.15, 0.2) is 0 Å². The number of nitrogens with two attached hydrogens (primary N) is 1. The van der Waals surface area contributed by atoms with Crippen LogP contribution in [-0.2, 0) is 4.74 Å². The van der Waals surface area contributed by atoms with Gasteiger partial charge >= 0.3 is 0 Å². The highest BCUT2D eigenvalue weighted by Crippen LogP contribution is 2.10. The van der Waals surface area contributed by atoms with Gasteiger partial charge < -0.3 is 10.5 Å². The van der Waals surface area contributed by atoms with Gasteiger partial charge in [0.1, 0.15) is 0 Å². The number of rotatable bonds is 2. The molecule has 0 bridgehead atoms. The molecule has 3 nitrogen and oxygen atoms in total. The maximum absolute atomic E-state index is 5.72. The van der Waals surface area contributed by atoms with Crippen molar-refractivity contribution in [3.8, 4) is 12.3 Å². The SMILES string of the molecule is C#CC(N)C1CN(C(C)C)CCO1. The van der Waals surface area contributed by atoms with Crippen LogP contribution in [0.1, 0.15) is 13.8 Å². The highest BCUT2D eigenvalue weighted by atomic mass is 16.5. The van der Waals surface area contributed by atoms with Crippen LogP contribution in [0.4, 0.5) is 0 Å². The van der Waals surface area contributed by atoms with E-state index in [0.29, 0.717) is 6.04 Å². The van der Waals surface area contributed by atoms with Crippen molar-refractivity contribution >= 4 is 0 Å². The Morgan fingerprint density at radius 1 is 1.62 bits per heavy atom. The molecule has 0 amide bonds. The van der Waals surface area contributed by atoms with Crippen LogP contribution in [0.3, 0.4) is 0 Å². The topological polar surface area (TPSA) is 38.5 Å². The van der Waals surface area contributed by atoms with Gasteiger partial charge in [0.2, 0.25) is 0 Å². The molecule has 0 saturated carbocycles. The maximum Gasteiger partial charge on any atom is 0.0965 e. The molecule has 3 heteroatoms. The van der Waals surface area contributed by atoms with E-state index in [9.17, 15) is 0 Å². The quantitative estimate of drug-likeness (QED) is 0.614. The van der Waals surface area contributed by atoms with Gasteiger partial charge in [-0.3, -0.25) is 4.90 Å². The number of hydrogen-bond acceptors (Lipinski definition) is 3. The first-order chi connectivity index (χ1) is 6.15. The van der Waals surface area contributed by atoms with Gasteiger partial charge in [0, 0.05) is 19.1 Å². The van der Waals surface area contributed by atoms with Crippen molar-refractivity contribution in [2.45, 2.75) is 32.0 Å². The van der Waals surface area contributed by atoms with Crippen LogP contribution < -0.4 is 5.73 Å². The van der Waals surface area contributed by atoms with E-state index < -0.39 is 0 Å². The summed E-state index contributed by atoms with van der Waals surface area (Å²) in [6.45, 7) is 6.90. The minimum absolute atomic E-state index is 0.00106. The van der Waals surface area contributed by atoms with Crippen molar-refractivity contribution in [2.24, 2.45) is 5.73 Å². The van der Waals surface area contributed by atoms with Crippen molar-refractivity contribution in [3.63, 3.8) is 0 Å². The van der Waals surface area contributed by atoms with Crippen molar-refractivity contribution in [1.29, 1.82) is 0 Å². The first-order valence-electron chi connectivity index (χ1n) is 4.72. The van der Waals surface area contributed by atoms with E-state index in [1.54, 1.807) is 0 Å². The van der Waals surface area contributed by atoms with Crippen LogP contribution in [0.2, 0.25) is 0 Å². The number of nitrogens with zero attached hydrogens (tertiary/aromatic N) is 1. The Balaban J connectivity index is 2.47. The average molecular weight is 182 g/mol.